The zero-order chi connectivity index (χ0) is 23.4. The minimum absolute atomic E-state index is 0.0972. The Morgan fingerprint density at radius 1 is 1.19 bits per heavy atom. The predicted octanol–water partition coefficient (Wildman–Crippen LogP) is 4.17. The molecular weight excluding hydrogens is 512 g/mol. The van der Waals surface area contributed by atoms with Crippen LogP contribution in [-0.4, -0.2) is 31.3 Å². The van der Waals surface area contributed by atoms with Gasteiger partial charge in [-0.2, -0.15) is 5.10 Å². The smallest absolute Gasteiger partial charge is 0.338 e. The highest BCUT2D eigenvalue weighted by Crippen LogP contribution is 2.38. The lowest BCUT2D eigenvalue weighted by atomic mass is 10.0. The number of ether oxygens (including phenoxy) is 2. The Balaban J connectivity index is 2.05. The minimum atomic E-state index is -4.46. The standard InChI is InChI=1S/C20H16BrF2N3O5S/c1-9-18-12(8-26(2)24-18)11-6-16(15(23)7-14(11)22)25-32(28,29)17-5-10(20(27)31-9)4-13(21)19(17)30-3/h4-9,25H,1-3H3. The first-order chi connectivity index (χ1) is 15.0. The van der Waals surface area contributed by atoms with Crippen LogP contribution in [0.15, 0.2) is 39.8 Å². The van der Waals surface area contributed by atoms with E-state index in [0.717, 1.165) is 12.1 Å². The molecule has 0 radical (unpaired) electrons. The summed E-state index contributed by atoms with van der Waals surface area (Å²) >= 11 is 3.19. The first-order valence-corrected chi connectivity index (χ1v) is 11.4. The molecule has 8 nitrogen and oxygen atoms in total. The molecule has 4 bridgehead atoms. The van der Waals surface area contributed by atoms with Crippen LogP contribution in [0.4, 0.5) is 14.5 Å². The van der Waals surface area contributed by atoms with Gasteiger partial charge in [-0.15, -0.1) is 0 Å². The summed E-state index contributed by atoms with van der Waals surface area (Å²) in [6.07, 6.45) is 0.536. The second-order valence-corrected chi connectivity index (χ2v) is 9.56. The van der Waals surface area contributed by atoms with Gasteiger partial charge in [0.2, 0.25) is 0 Å². The molecule has 2 heterocycles. The van der Waals surface area contributed by atoms with E-state index in [1.54, 1.807) is 14.0 Å². The Labute approximate surface area is 190 Å². The molecule has 0 amide bonds. The SMILES string of the molecule is COc1c(Br)cc2cc1S(=O)(=O)Nc1cc(c(F)cc1F)-c1cn(C)nc1C(C)OC2=O. The number of aromatic nitrogens is 2. The van der Waals surface area contributed by atoms with Crippen LogP contribution < -0.4 is 9.46 Å². The molecule has 12 heteroatoms. The van der Waals surface area contributed by atoms with E-state index in [4.69, 9.17) is 9.47 Å². The molecular formula is C20H16BrF2N3O5S. The fourth-order valence-electron chi connectivity index (χ4n) is 3.41. The number of carbonyl (C=O) groups excluding carboxylic acids is 1. The number of fused-ring (bicyclic) bond motifs is 6. The number of hydrogen-bond acceptors (Lipinski definition) is 6. The van der Waals surface area contributed by atoms with E-state index in [0.29, 0.717) is 6.07 Å². The zero-order valence-corrected chi connectivity index (χ0v) is 19.3. The molecule has 1 aliphatic heterocycles. The van der Waals surface area contributed by atoms with E-state index >= 15 is 0 Å². The zero-order valence-electron chi connectivity index (χ0n) is 16.9. The Bertz CT molecular complexity index is 1370. The van der Waals surface area contributed by atoms with Gasteiger partial charge < -0.3 is 9.47 Å². The highest BCUT2D eigenvalue weighted by Gasteiger charge is 2.29. The number of aryl methyl sites for hydroxylation is 1. The quantitative estimate of drug-likeness (QED) is 0.477. The summed E-state index contributed by atoms with van der Waals surface area (Å²) < 4.78 is 69.9. The van der Waals surface area contributed by atoms with Crippen molar-refractivity contribution in [3.63, 3.8) is 0 Å². The highest BCUT2D eigenvalue weighted by molar-refractivity contribution is 9.10. The Hall–Kier alpha value is -2.99. The number of esters is 1. The number of carbonyl (C=O) groups is 1. The fourth-order valence-corrected chi connectivity index (χ4v) is 5.44. The van der Waals surface area contributed by atoms with E-state index in [1.165, 1.54) is 24.1 Å². The monoisotopic (exact) mass is 527 g/mol. The van der Waals surface area contributed by atoms with E-state index in [2.05, 4.69) is 25.8 Å². The minimum Gasteiger partial charge on any atom is -0.494 e. The van der Waals surface area contributed by atoms with Crippen molar-refractivity contribution in [3.8, 4) is 16.9 Å². The number of anilines is 1. The molecule has 2 aromatic carbocycles. The van der Waals surface area contributed by atoms with Crippen molar-refractivity contribution >= 4 is 37.6 Å². The topological polar surface area (TPSA) is 99.5 Å². The number of sulfonamides is 1. The van der Waals surface area contributed by atoms with Gasteiger partial charge >= 0.3 is 5.97 Å². The fraction of sp³-hybridized carbons (Fsp3) is 0.200. The van der Waals surface area contributed by atoms with Gasteiger partial charge in [-0.05, 0) is 41.1 Å². The third kappa shape index (κ3) is 3.73. The molecule has 168 valence electrons. The highest BCUT2D eigenvalue weighted by atomic mass is 79.9. The van der Waals surface area contributed by atoms with Gasteiger partial charge in [0.15, 0.2) is 5.75 Å². The molecule has 0 fully saturated rings. The summed E-state index contributed by atoms with van der Waals surface area (Å²) in [5.41, 5.74) is -0.268. The van der Waals surface area contributed by atoms with Crippen LogP contribution in [0.2, 0.25) is 0 Å². The lowest BCUT2D eigenvalue weighted by Gasteiger charge is -2.15. The van der Waals surface area contributed by atoms with E-state index in [-0.39, 0.29) is 32.6 Å². The van der Waals surface area contributed by atoms with Crippen molar-refractivity contribution in [2.75, 3.05) is 11.8 Å². The molecule has 32 heavy (non-hydrogen) atoms. The van der Waals surface area contributed by atoms with Crippen molar-refractivity contribution in [1.82, 2.24) is 9.78 Å². The number of cyclic esters (lactones) is 1. The number of halogens is 3. The van der Waals surface area contributed by atoms with E-state index in [9.17, 15) is 22.0 Å². The first kappa shape index (κ1) is 22.2. The molecule has 0 aliphatic carbocycles. The number of benzene rings is 2. The summed E-state index contributed by atoms with van der Waals surface area (Å²) in [6, 6.07) is 4.00. The maximum atomic E-state index is 14.7. The Kier molecular flexibility index (Phi) is 5.45. The van der Waals surface area contributed by atoms with Crippen LogP contribution in [0, 0.1) is 11.6 Å². The average Bonchev–Trinajstić information content (AvgIpc) is 3.10. The van der Waals surface area contributed by atoms with Crippen LogP contribution in [0.1, 0.15) is 29.1 Å². The van der Waals surface area contributed by atoms with Gasteiger partial charge in [-0.3, -0.25) is 9.40 Å². The molecule has 4 rings (SSSR count). The Morgan fingerprint density at radius 2 is 1.91 bits per heavy atom. The van der Waals surface area contributed by atoms with E-state index in [1.807, 2.05) is 0 Å². The number of methoxy groups -OCH3 is 1. The average molecular weight is 528 g/mol. The maximum absolute atomic E-state index is 14.7. The van der Waals surface area contributed by atoms with E-state index < -0.39 is 44.3 Å². The van der Waals surface area contributed by atoms with Crippen molar-refractivity contribution < 1.29 is 31.5 Å². The maximum Gasteiger partial charge on any atom is 0.338 e. The lowest BCUT2D eigenvalue weighted by Crippen LogP contribution is -2.17. The third-order valence-corrected chi connectivity index (χ3v) is 6.82. The van der Waals surface area contributed by atoms with Gasteiger partial charge in [0.1, 0.15) is 28.3 Å². The van der Waals surface area contributed by atoms with Crippen LogP contribution in [0.3, 0.4) is 0 Å². The summed E-state index contributed by atoms with van der Waals surface area (Å²) in [7, 11) is -1.64. The second kappa shape index (κ2) is 7.85. The Morgan fingerprint density at radius 3 is 2.59 bits per heavy atom. The van der Waals surface area contributed by atoms with Crippen LogP contribution in [0.25, 0.3) is 11.1 Å². The summed E-state index contributed by atoms with van der Waals surface area (Å²) in [5, 5.41) is 4.25. The lowest BCUT2D eigenvalue weighted by molar-refractivity contribution is 0.0329. The summed E-state index contributed by atoms with van der Waals surface area (Å²) in [5.74, 6) is -3.00. The van der Waals surface area contributed by atoms with Crippen LogP contribution in [0.5, 0.6) is 5.75 Å². The first-order valence-electron chi connectivity index (χ1n) is 9.16. The van der Waals surface area contributed by atoms with Gasteiger partial charge in [0, 0.05) is 30.4 Å². The van der Waals surface area contributed by atoms with Crippen molar-refractivity contribution in [2.24, 2.45) is 7.05 Å². The van der Waals surface area contributed by atoms with Gasteiger partial charge in [-0.1, -0.05) is 0 Å². The number of hydrogen-bond donors (Lipinski definition) is 1. The second-order valence-electron chi connectivity index (χ2n) is 7.06. The summed E-state index contributed by atoms with van der Waals surface area (Å²) in [4.78, 5) is 12.4. The van der Waals surface area contributed by atoms with Gasteiger partial charge in [0.05, 0.1) is 22.8 Å². The van der Waals surface area contributed by atoms with Gasteiger partial charge in [-0.25, -0.2) is 22.0 Å². The number of nitrogens with zero attached hydrogens (tertiary/aromatic N) is 2. The third-order valence-electron chi connectivity index (χ3n) is 4.86. The van der Waals surface area contributed by atoms with Gasteiger partial charge in [0.25, 0.3) is 10.0 Å². The van der Waals surface area contributed by atoms with Crippen molar-refractivity contribution in [3.05, 3.63) is 57.8 Å². The normalized spacial score (nSPS) is 17.2. The molecule has 0 saturated heterocycles. The molecule has 1 aliphatic rings. The number of rotatable bonds is 1. The molecule has 1 atom stereocenters. The molecule has 1 aromatic heterocycles. The van der Waals surface area contributed by atoms with Crippen molar-refractivity contribution in [2.45, 2.75) is 17.9 Å². The molecule has 1 N–H and O–H groups in total. The largest absolute Gasteiger partial charge is 0.494 e. The van der Waals surface area contributed by atoms with Crippen molar-refractivity contribution in [1.29, 1.82) is 0 Å². The van der Waals surface area contributed by atoms with Crippen LogP contribution >= 0.6 is 15.9 Å². The molecule has 1 unspecified atom stereocenters. The predicted molar refractivity (Wildman–Crippen MR) is 114 cm³/mol. The molecule has 0 saturated carbocycles. The number of nitrogens with one attached hydrogen (secondary N) is 1. The van der Waals surface area contributed by atoms with Crippen LogP contribution in [-0.2, 0) is 21.8 Å². The summed E-state index contributed by atoms with van der Waals surface area (Å²) in [6.45, 7) is 1.54. The molecule has 0 spiro atoms. The molecule has 3 aromatic rings.